The monoisotopic (exact) mass is 161 g/mol. The Balaban J connectivity index is 1.85. The number of ether oxygens (including phenoxy) is 1. The van der Waals surface area contributed by atoms with Crippen LogP contribution >= 0.6 is 11.8 Å². The molecule has 10 heavy (non-hydrogen) atoms. The first-order valence-corrected chi connectivity index (χ1v) is 4.79. The molecule has 1 unspecified atom stereocenters. The second-order valence-electron chi connectivity index (χ2n) is 2.80. The van der Waals surface area contributed by atoms with Crippen LogP contribution in [-0.4, -0.2) is 30.3 Å². The molecule has 1 heterocycles. The van der Waals surface area contributed by atoms with Crippen LogP contribution in [0, 0.1) is 0 Å². The van der Waals surface area contributed by atoms with E-state index in [2.05, 4.69) is 6.92 Å². The van der Waals surface area contributed by atoms with Crippen molar-refractivity contribution < 1.29 is 4.74 Å². The summed E-state index contributed by atoms with van der Waals surface area (Å²) in [6, 6.07) is 0.355. The molecular formula is C7H15NOS. The first-order chi connectivity index (χ1) is 4.79. The van der Waals surface area contributed by atoms with Crippen molar-refractivity contribution in [2.45, 2.75) is 24.6 Å². The van der Waals surface area contributed by atoms with Gasteiger partial charge in [0.1, 0.15) is 0 Å². The molecule has 1 saturated heterocycles. The van der Waals surface area contributed by atoms with Crippen molar-refractivity contribution >= 4 is 11.8 Å². The van der Waals surface area contributed by atoms with E-state index < -0.39 is 0 Å². The van der Waals surface area contributed by atoms with Gasteiger partial charge in [0, 0.05) is 6.04 Å². The van der Waals surface area contributed by atoms with E-state index in [-0.39, 0.29) is 0 Å². The minimum Gasteiger partial charge on any atom is -0.379 e. The summed E-state index contributed by atoms with van der Waals surface area (Å²) in [6.45, 7) is 3.95. The number of hydrogen-bond donors (Lipinski definition) is 1. The summed E-state index contributed by atoms with van der Waals surface area (Å²) in [4.78, 5) is 0. The van der Waals surface area contributed by atoms with E-state index >= 15 is 0 Å². The topological polar surface area (TPSA) is 35.2 Å². The molecule has 1 aliphatic rings. The van der Waals surface area contributed by atoms with Crippen LogP contribution in [0.2, 0.25) is 0 Å². The average Bonchev–Trinajstić information content (AvgIpc) is 1.75. The summed E-state index contributed by atoms with van der Waals surface area (Å²) in [5, 5.41) is 0.763. The third-order valence-corrected chi connectivity index (χ3v) is 2.75. The Morgan fingerprint density at radius 2 is 2.40 bits per heavy atom. The van der Waals surface area contributed by atoms with E-state index in [0.29, 0.717) is 6.04 Å². The Morgan fingerprint density at radius 1 is 1.70 bits per heavy atom. The van der Waals surface area contributed by atoms with Gasteiger partial charge in [0.2, 0.25) is 0 Å². The molecule has 0 aliphatic carbocycles. The largest absolute Gasteiger partial charge is 0.379 e. The van der Waals surface area contributed by atoms with Gasteiger partial charge in [-0.2, -0.15) is 11.8 Å². The van der Waals surface area contributed by atoms with Crippen LogP contribution in [0.1, 0.15) is 13.3 Å². The number of rotatable bonds is 4. The lowest BCUT2D eigenvalue weighted by molar-refractivity contribution is 0.0455. The highest BCUT2D eigenvalue weighted by Gasteiger charge is 2.17. The van der Waals surface area contributed by atoms with Crippen LogP contribution < -0.4 is 5.73 Å². The van der Waals surface area contributed by atoms with Gasteiger partial charge in [-0.3, -0.25) is 0 Å². The lowest BCUT2D eigenvalue weighted by Crippen LogP contribution is -2.31. The van der Waals surface area contributed by atoms with Crippen LogP contribution in [-0.2, 0) is 4.74 Å². The minimum atomic E-state index is 0.355. The Hall–Kier alpha value is 0.270. The lowest BCUT2D eigenvalue weighted by atomic mass is 10.3. The third kappa shape index (κ3) is 2.90. The van der Waals surface area contributed by atoms with E-state index in [4.69, 9.17) is 10.5 Å². The van der Waals surface area contributed by atoms with Crippen molar-refractivity contribution in [2.24, 2.45) is 5.73 Å². The molecule has 0 saturated carbocycles. The van der Waals surface area contributed by atoms with Crippen molar-refractivity contribution in [3.8, 4) is 0 Å². The van der Waals surface area contributed by atoms with E-state index in [9.17, 15) is 0 Å². The Kier molecular flexibility index (Phi) is 3.52. The molecule has 60 valence electrons. The Labute approximate surface area is 66.5 Å². The summed E-state index contributed by atoms with van der Waals surface area (Å²) in [5.74, 6) is 1.19. The van der Waals surface area contributed by atoms with E-state index in [0.717, 1.165) is 24.9 Å². The zero-order valence-electron chi connectivity index (χ0n) is 6.38. The molecule has 0 aromatic rings. The molecule has 1 atom stereocenters. The van der Waals surface area contributed by atoms with Crippen molar-refractivity contribution in [3.63, 3.8) is 0 Å². The van der Waals surface area contributed by atoms with Gasteiger partial charge >= 0.3 is 0 Å². The fourth-order valence-electron chi connectivity index (χ4n) is 0.731. The SMILES string of the molecule is CC(N)CCSC1COC1. The van der Waals surface area contributed by atoms with Gasteiger partial charge in [0.25, 0.3) is 0 Å². The van der Waals surface area contributed by atoms with E-state index in [1.807, 2.05) is 11.8 Å². The van der Waals surface area contributed by atoms with Crippen LogP contribution in [0.25, 0.3) is 0 Å². The van der Waals surface area contributed by atoms with Crippen LogP contribution in [0.4, 0.5) is 0 Å². The molecule has 0 aromatic carbocycles. The molecule has 1 rings (SSSR count). The number of nitrogens with two attached hydrogens (primary N) is 1. The summed E-state index contributed by atoms with van der Waals surface area (Å²) in [6.07, 6.45) is 1.13. The third-order valence-electron chi connectivity index (χ3n) is 1.53. The smallest absolute Gasteiger partial charge is 0.0607 e. The van der Waals surface area contributed by atoms with Gasteiger partial charge in [0.05, 0.1) is 18.5 Å². The normalized spacial score (nSPS) is 22.2. The molecule has 1 aliphatic heterocycles. The van der Waals surface area contributed by atoms with Crippen molar-refractivity contribution in [1.29, 1.82) is 0 Å². The molecule has 2 N–H and O–H groups in total. The average molecular weight is 161 g/mol. The highest BCUT2D eigenvalue weighted by molar-refractivity contribution is 8.00. The maximum absolute atomic E-state index is 5.59. The number of hydrogen-bond acceptors (Lipinski definition) is 3. The summed E-state index contributed by atoms with van der Waals surface area (Å²) < 4.78 is 5.04. The minimum absolute atomic E-state index is 0.355. The van der Waals surface area contributed by atoms with Gasteiger partial charge < -0.3 is 10.5 Å². The summed E-state index contributed by atoms with van der Waals surface area (Å²) >= 11 is 1.99. The molecule has 0 aromatic heterocycles. The zero-order chi connectivity index (χ0) is 7.40. The second-order valence-corrected chi connectivity index (χ2v) is 4.20. The molecule has 1 fully saturated rings. The van der Waals surface area contributed by atoms with Crippen molar-refractivity contribution in [1.82, 2.24) is 0 Å². The zero-order valence-corrected chi connectivity index (χ0v) is 7.19. The summed E-state index contributed by atoms with van der Waals surface area (Å²) in [5.41, 5.74) is 5.59. The molecule has 2 nitrogen and oxygen atoms in total. The van der Waals surface area contributed by atoms with Crippen molar-refractivity contribution in [2.75, 3.05) is 19.0 Å². The van der Waals surface area contributed by atoms with Gasteiger partial charge in [-0.05, 0) is 19.1 Å². The first-order valence-electron chi connectivity index (χ1n) is 3.74. The van der Waals surface area contributed by atoms with Gasteiger partial charge in [0.15, 0.2) is 0 Å². The van der Waals surface area contributed by atoms with Crippen LogP contribution in [0.15, 0.2) is 0 Å². The maximum Gasteiger partial charge on any atom is 0.0607 e. The number of thioether (sulfide) groups is 1. The maximum atomic E-state index is 5.59. The fraction of sp³-hybridized carbons (Fsp3) is 1.00. The lowest BCUT2D eigenvalue weighted by Gasteiger charge is -2.25. The molecular weight excluding hydrogens is 146 g/mol. The molecule has 0 spiro atoms. The first kappa shape index (κ1) is 8.37. The summed E-state index contributed by atoms with van der Waals surface area (Å²) in [7, 11) is 0. The molecule has 3 heteroatoms. The fourth-order valence-corrected chi connectivity index (χ4v) is 1.96. The van der Waals surface area contributed by atoms with Crippen molar-refractivity contribution in [3.05, 3.63) is 0 Å². The van der Waals surface area contributed by atoms with E-state index in [1.165, 1.54) is 5.75 Å². The predicted octanol–water partition coefficient (Wildman–Crippen LogP) is 0.856. The van der Waals surface area contributed by atoms with Crippen LogP contribution in [0.5, 0.6) is 0 Å². The van der Waals surface area contributed by atoms with Crippen LogP contribution in [0.3, 0.4) is 0 Å². The predicted molar refractivity (Wildman–Crippen MR) is 45.3 cm³/mol. The molecule has 0 bridgehead atoms. The van der Waals surface area contributed by atoms with Gasteiger partial charge in [-0.15, -0.1) is 0 Å². The molecule has 0 radical (unpaired) electrons. The van der Waals surface area contributed by atoms with E-state index in [1.54, 1.807) is 0 Å². The second kappa shape index (κ2) is 4.21. The highest BCUT2D eigenvalue weighted by Crippen LogP contribution is 2.19. The Morgan fingerprint density at radius 3 is 2.80 bits per heavy atom. The highest BCUT2D eigenvalue weighted by atomic mass is 32.2. The van der Waals surface area contributed by atoms with Gasteiger partial charge in [-0.25, -0.2) is 0 Å². The molecule has 0 amide bonds. The standard InChI is InChI=1S/C7H15NOS/c1-6(8)2-3-10-7-4-9-5-7/h6-7H,2-5,8H2,1H3. The Bertz CT molecular complexity index is 93.6. The quantitative estimate of drug-likeness (QED) is 0.664. The van der Waals surface area contributed by atoms with Gasteiger partial charge in [-0.1, -0.05) is 0 Å².